The van der Waals surface area contributed by atoms with Crippen LogP contribution in [0.2, 0.25) is 0 Å². The molecule has 0 bridgehead atoms. The standard InChI is InChI=1S/C21H26N4O3/c1-23(2)17-5-3-16(4-6-17)22-21(26)25-11-9-24(10-12-25)18-7-8-19-20(15-18)28-14-13-27-19/h3-8,15H,9-14H2,1-2H3,(H,22,26). The predicted octanol–water partition coefficient (Wildman–Crippen LogP) is 2.88. The van der Waals surface area contributed by atoms with Crippen molar-refractivity contribution in [3.8, 4) is 11.5 Å². The predicted molar refractivity (Wildman–Crippen MR) is 111 cm³/mol. The van der Waals surface area contributed by atoms with Crippen molar-refractivity contribution >= 4 is 23.1 Å². The lowest BCUT2D eigenvalue weighted by Crippen LogP contribution is -2.50. The Kier molecular flexibility index (Phi) is 5.14. The molecular weight excluding hydrogens is 356 g/mol. The molecule has 0 atom stereocenters. The van der Waals surface area contributed by atoms with Gasteiger partial charge in [-0.25, -0.2) is 4.79 Å². The van der Waals surface area contributed by atoms with E-state index in [9.17, 15) is 4.79 Å². The highest BCUT2D eigenvalue weighted by Crippen LogP contribution is 2.34. The molecule has 2 aliphatic rings. The molecule has 7 heteroatoms. The molecule has 2 aromatic rings. The molecule has 0 aromatic heterocycles. The SMILES string of the molecule is CN(C)c1ccc(NC(=O)N2CCN(c3ccc4c(c3)OCCO4)CC2)cc1. The fraction of sp³-hybridized carbons (Fsp3) is 0.381. The Balaban J connectivity index is 1.33. The van der Waals surface area contributed by atoms with Gasteiger partial charge in [0.05, 0.1) is 0 Å². The first-order valence-electron chi connectivity index (χ1n) is 9.58. The molecule has 0 aliphatic carbocycles. The molecular formula is C21H26N4O3. The number of piperazine rings is 1. The molecule has 2 amide bonds. The number of fused-ring (bicyclic) bond motifs is 1. The number of ether oxygens (including phenoxy) is 2. The number of amides is 2. The van der Waals surface area contributed by atoms with Gasteiger partial charge in [-0.3, -0.25) is 0 Å². The molecule has 2 aromatic carbocycles. The number of benzene rings is 2. The Bertz CT molecular complexity index is 830. The summed E-state index contributed by atoms with van der Waals surface area (Å²) in [6.45, 7) is 4.10. The van der Waals surface area contributed by atoms with Crippen LogP contribution in [0.1, 0.15) is 0 Å². The lowest BCUT2D eigenvalue weighted by molar-refractivity contribution is 0.171. The third-order valence-corrected chi connectivity index (χ3v) is 5.09. The van der Waals surface area contributed by atoms with E-state index in [1.54, 1.807) is 0 Å². The second-order valence-corrected chi connectivity index (χ2v) is 7.17. The van der Waals surface area contributed by atoms with Crippen molar-refractivity contribution in [2.45, 2.75) is 0 Å². The van der Waals surface area contributed by atoms with Gasteiger partial charge < -0.3 is 29.5 Å². The molecule has 0 spiro atoms. The molecule has 148 valence electrons. The van der Waals surface area contributed by atoms with Crippen LogP contribution in [0.25, 0.3) is 0 Å². The van der Waals surface area contributed by atoms with Crippen LogP contribution in [0, 0.1) is 0 Å². The van der Waals surface area contributed by atoms with Crippen LogP contribution in [0.15, 0.2) is 42.5 Å². The first kappa shape index (κ1) is 18.3. The number of urea groups is 1. The smallest absolute Gasteiger partial charge is 0.321 e. The van der Waals surface area contributed by atoms with Crippen molar-refractivity contribution in [3.05, 3.63) is 42.5 Å². The van der Waals surface area contributed by atoms with Gasteiger partial charge in [0.25, 0.3) is 0 Å². The van der Waals surface area contributed by atoms with Crippen LogP contribution < -0.4 is 24.6 Å². The van der Waals surface area contributed by atoms with Crippen molar-refractivity contribution < 1.29 is 14.3 Å². The van der Waals surface area contributed by atoms with Gasteiger partial charge in [0.15, 0.2) is 11.5 Å². The topological polar surface area (TPSA) is 57.3 Å². The average Bonchev–Trinajstić information content (AvgIpc) is 2.74. The second-order valence-electron chi connectivity index (χ2n) is 7.17. The Morgan fingerprint density at radius 1 is 0.929 bits per heavy atom. The number of nitrogens with one attached hydrogen (secondary N) is 1. The van der Waals surface area contributed by atoms with E-state index in [1.165, 1.54) is 0 Å². The van der Waals surface area contributed by atoms with Crippen molar-refractivity contribution in [3.63, 3.8) is 0 Å². The van der Waals surface area contributed by atoms with E-state index in [1.807, 2.05) is 60.3 Å². The fourth-order valence-corrected chi connectivity index (χ4v) is 3.44. The van der Waals surface area contributed by atoms with E-state index in [0.717, 1.165) is 41.7 Å². The minimum Gasteiger partial charge on any atom is -0.486 e. The van der Waals surface area contributed by atoms with Crippen molar-refractivity contribution in [1.29, 1.82) is 0 Å². The summed E-state index contributed by atoms with van der Waals surface area (Å²) in [6.07, 6.45) is 0. The Morgan fingerprint density at radius 3 is 2.29 bits per heavy atom. The molecule has 2 heterocycles. The third-order valence-electron chi connectivity index (χ3n) is 5.09. The van der Waals surface area contributed by atoms with Crippen LogP contribution in [-0.4, -0.2) is 64.4 Å². The summed E-state index contributed by atoms with van der Waals surface area (Å²) in [6, 6.07) is 13.8. The zero-order valence-electron chi connectivity index (χ0n) is 16.4. The molecule has 1 N–H and O–H groups in total. The summed E-state index contributed by atoms with van der Waals surface area (Å²) < 4.78 is 11.3. The number of rotatable bonds is 3. The van der Waals surface area contributed by atoms with E-state index in [4.69, 9.17) is 9.47 Å². The summed E-state index contributed by atoms with van der Waals surface area (Å²) in [5, 5.41) is 2.99. The number of hydrogen-bond donors (Lipinski definition) is 1. The van der Waals surface area contributed by atoms with Crippen molar-refractivity contribution in [2.24, 2.45) is 0 Å². The molecule has 7 nitrogen and oxygen atoms in total. The molecule has 1 fully saturated rings. The Hall–Kier alpha value is -3.09. The van der Waals surface area contributed by atoms with Gasteiger partial charge >= 0.3 is 6.03 Å². The maximum atomic E-state index is 12.6. The van der Waals surface area contributed by atoms with Gasteiger partial charge in [-0.2, -0.15) is 0 Å². The minimum absolute atomic E-state index is 0.0561. The molecule has 4 rings (SSSR count). The van der Waals surface area contributed by atoms with Crippen LogP contribution >= 0.6 is 0 Å². The number of anilines is 3. The fourth-order valence-electron chi connectivity index (χ4n) is 3.44. The third kappa shape index (κ3) is 3.93. The first-order valence-corrected chi connectivity index (χ1v) is 9.58. The van der Waals surface area contributed by atoms with E-state index < -0.39 is 0 Å². The quantitative estimate of drug-likeness (QED) is 0.885. The number of carbonyl (C=O) groups excluding carboxylic acids is 1. The molecule has 0 radical (unpaired) electrons. The summed E-state index contributed by atoms with van der Waals surface area (Å²) >= 11 is 0. The zero-order chi connectivity index (χ0) is 19.5. The number of carbonyl (C=O) groups is 1. The van der Waals surface area contributed by atoms with Crippen LogP contribution in [0.3, 0.4) is 0 Å². The van der Waals surface area contributed by atoms with Crippen LogP contribution in [0.4, 0.5) is 21.9 Å². The number of hydrogen-bond acceptors (Lipinski definition) is 5. The van der Waals surface area contributed by atoms with E-state index >= 15 is 0 Å². The van der Waals surface area contributed by atoms with Gasteiger partial charge in [-0.15, -0.1) is 0 Å². The van der Waals surface area contributed by atoms with Gasteiger partial charge in [0.2, 0.25) is 0 Å². The lowest BCUT2D eigenvalue weighted by atomic mass is 10.2. The Labute approximate surface area is 165 Å². The van der Waals surface area contributed by atoms with Crippen LogP contribution in [0.5, 0.6) is 11.5 Å². The summed E-state index contributed by atoms with van der Waals surface area (Å²) in [5.41, 5.74) is 3.01. The normalized spacial score (nSPS) is 15.9. The Morgan fingerprint density at radius 2 is 1.61 bits per heavy atom. The van der Waals surface area contributed by atoms with Gasteiger partial charge in [-0.05, 0) is 36.4 Å². The summed E-state index contributed by atoms with van der Waals surface area (Å²) in [4.78, 5) is 18.7. The number of nitrogens with zero attached hydrogens (tertiary/aromatic N) is 3. The van der Waals surface area contributed by atoms with Crippen molar-refractivity contribution in [2.75, 3.05) is 68.6 Å². The van der Waals surface area contributed by atoms with Gasteiger partial charge in [0, 0.05) is 63.4 Å². The zero-order valence-corrected chi connectivity index (χ0v) is 16.4. The maximum absolute atomic E-state index is 12.6. The average molecular weight is 382 g/mol. The monoisotopic (exact) mass is 382 g/mol. The lowest BCUT2D eigenvalue weighted by Gasteiger charge is -2.36. The summed E-state index contributed by atoms with van der Waals surface area (Å²) in [5.74, 6) is 1.60. The van der Waals surface area contributed by atoms with E-state index in [0.29, 0.717) is 26.3 Å². The maximum Gasteiger partial charge on any atom is 0.321 e. The highest BCUT2D eigenvalue weighted by Gasteiger charge is 2.22. The van der Waals surface area contributed by atoms with E-state index in [-0.39, 0.29) is 6.03 Å². The second kappa shape index (κ2) is 7.88. The largest absolute Gasteiger partial charge is 0.486 e. The van der Waals surface area contributed by atoms with Gasteiger partial charge in [-0.1, -0.05) is 0 Å². The molecule has 0 saturated carbocycles. The minimum atomic E-state index is -0.0561. The molecule has 28 heavy (non-hydrogen) atoms. The highest BCUT2D eigenvalue weighted by atomic mass is 16.6. The van der Waals surface area contributed by atoms with Crippen molar-refractivity contribution in [1.82, 2.24) is 4.90 Å². The highest BCUT2D eigenvalue weighted by molar-refractivity contribution is 5.89. The molecule has 2 aliphatic heterocycles. The first-order chi connectivity index (χ1) is 13.6. The summed E-state index contributed by atoms with van der Waals surface area (Å²) in [7, 11) is 3.99. The molecule has 0 unspecified atom stereocenters. The van der Waals surface area contributed by atoms with Crippen LogP contribution in [-0.2, 0) is 0 Å². The van der Waals surface area contributed by atoms with E-state index in [2.05, 4.69) is 16.3 Å². The molecule has 1 saturated heterocycles. The van der Waals surface area contributed by atoms with Gasteiger partial charge in [0.1, 0.15) is 13.2 Å².